The number of alkyl halides is 3. The van der Waals surface area contributed by atoms with Crippen LogP contribution in [0.25, 0.3) is 16.4 Å². The van der Waals surface area contributed by atoms with E-state index in [0.717, 1.165) is 43.1 Å². The lowest BCUT2D eigenvalue weighted by molar-refractivity contribution is -0.120. The van der Waals surface area contributed by atoms with Crippen molar-refractivity contribution in [3.05, 3.63) is 72.1 Å². The van der Waals surface area contributed by atoms with E-state index in [4.69, 9.17) is 14.5 Å². The molecule has 4 saturated heterocycles. The molecule has 0 spiro atoms. The third-order valence-corrected chi connectivity index (χ3v) is 13.0. The molecule has 63 heavy (non-hydrogen) atoms. The number of fused-ring (bicyclic) bond motifs is 4. The Balaban J connectivity index is 0.705. The van der Waals surface area contributed by atoms with Gasteiger partial charge in [-0.1, -0.05) is 24.0 Å². The number of piperidine rings is 1. The van der Waals surface area contributed by atoms with E-state index in [2.05, 4.69) is 47.5 Å². The minimum Gasteiger partial charge on any atom is -0.374 e. The second-order valence-electron chi connectivity index (χ2n) is 17.0. The highest BCUT2D eigenvalue weighted by Crippen LogP contribution is 2.37. The Kier molecular flexibility index (Phi) is 11.2. The topological polar surface area (TPSA) is 164 Å². The standard InChI is InChI=1S/C44H46F3N11O5/c45-34-23-54(13-10-37(34)62-16-2-4-27-3-1-5-31-32(27)18-48-20-36(31)55-14-12-39(59)52-44(55)61)21-26-6-8-28(9-7-26)58-24-35(40(53-58)41(46)47)50-43(60)33-19-49-57-15-11-38(51-42(33)57)56-22-30-17-29(56)25-63-30/h1,3,5,11,15,18-20,24,26,28-30,34,37,41H,6-10,12-14,16-17,21-23,25H2,(H,50,60)(H,52,59,61)/t26?,28?,29-,30-,34+,37-/m1/s1. The summed E-state index contributed by atoms with van der Waals surface area (Å²) < 4.78 is 58.7. The molecule has 10 rings (SSSR count). The van der Waals surface area contributed by atoms with Gasteiger partial charge in [-0.3, -0.25) is 34.4 Å². The molecule has 5 fully saturated rings. The number of urea groups is 1. The lowest BCUT2D eigenvalue weighted by Crippen LogP contribution is -2.49. The van der Waals surface area contributed by atoms with Crippen LogP contribution in [0, 0.1) is 17.8 Å². The molecular formula is C44H46F3N11O5. The van der Waals surface area contributed by atoms with Gasteiger partial charge in [-0.25, -0.2) is 27.5 Å². The van der Waals surface area contributed by atoms with Crippen molar-refractivity contribution in [1.82, 2.24) is 39.6 Å². The number of nitrogens with zero attached hydrogens (tertiary/aromatic N) is 9. The van der Waals surface area contributed by atoms with Crippen molar-refractivity contribution in [3.8, 4) is 11.8 Å². The third-order valence-electron chi connectivity index (χ3n) is 13.0. The average molecular weight is 866 g/mol. The zero-order valence-electron chi connectivity index (χ0n) is 34.3. The number of halogens is 3. The Morgan fingerprint density at radius 2 is 1.90 bits per heavy atom. The second-order valence-corrected chi connectivity index (χ2v) is 17.0. The van der Waals surface area contributed by atoms with E-state index in [-0.39, 0.29) is 61.5 Å². The van der Waals surface area contributed by atoms with Crippen LogP contribution in [0.2, 0.25) is 0 Å². The molecule has 1 saturated carbocycles. The van der Waals surface area contributed by atoms with Gasteiger partial charge in [0.2, 0.25) is 5.91 Å². The van der Waals surface area contributed by atoms with Gasteiger partial charge in [-0.05, 0) is 56.6 Å². The number of carbonyl (C=O) groups excluding carboxylic acids is 3. The molecule has 1 aliphatic carbocycles. The van der Waals surface area contributed by atoms with E-state index in [1.165, 1.54) is 21.8 Å². The highest BCUT2D eigenvalue weighted by Gasteiger charge is 2.40. The average Bonchev–Trinajstić information content (AvgIpc) is 4.11. The van der Waals surface area contributed by atoms with Crippen LogP contribution in [0.15, 0.2) is 55.2 Å². The number of carbonyl (C=O) groups is 3. The number of amides is 4. The number of benzene rings is 1. The number of rotatable bonds is 10. The van der Waals surface area contributed by atoms with Crippen molar-refractivity contribution in [2.75, 3.05) is 61.1 Å². The minimum absolute atomic E-state index is 0.0449. The molecule has 4 atom stereocenters. The normalized spacial score (nSPS) is 25.2. The van der Waals surface area contributed by atoms with Crippen molar-refractivity contribution in [2.45, 2.75) is 81.8 Å². The lowest BCUT2D eigenvalue weighted by atomic mass is 9.85. The zero-order chi connectivity index (χ0) is 43.2. The maximum atomic E-state index is 15.4. The van der Waals surface area contributed by atoms with E-state index < -0.39 is 36.3 Å². The van der Waals surface area contributed by atoms with Crippen molar-refractivity contribution >= 4 is 51.5 Å². The first-order valence-electron chi connectivity index (χ1n) is 21.5. The summed E-state index contributed by atoms with van der Waals surface area (Å²) in [6.45, 7) is 3.33. The molecule has 1 aromatic carbocycles. The van der Waals surface area contributed by atoms with Crippen molar-refractivity contribution in [3.63, 3.8) is 0 Å². The molecule has 16 nitrogen and oxygen atoms in total. The van der Waals surface area contributed by atoms with Crippen LogP contribution in [0.3, 0.4) is 0 Å². The summed E-state index contributed by atoms with van der Waals surface area (Å²) in [5, 5.41) is 15.1. The SMILES string of the molecule is O=C1CCN(c2cncc3c(C#CCO[C@@H]4CCN(CC5CCC(n6cc(NC(=O)c7cnn8ccc(N9C[C@H]%10C[C@@H]9CO%10)nc78)c(C(F)F)n6)CC5)C[C@@H]4F)cccc23)C(=O)N1. The van der Waals surface area contributed by atoms with Gasteiger partial charge in [0.1, 0.15) is 24.2 Å². The molecule has 0 radical (unpaired) electrons. The van der Waals surface area contributed by atoms with Gasteiger partial charge < -0.3 is 19.7 Å². The predicted molar refractivity (Wildman–Crippen MR) is 224 cm³/mol. The van der Waals surface area contributed by atoms with Gasteiger partial charge in [0, 0.05) is 74.1 Å². The highest BCUT2D eigenvalue weighted by molar-refractivity contribution is 6.10. The number of nitrogens with one attached hydrogen (secondary N) is 2. The molecule has 4 amide bonds. The van der Waals surface area contributed by atoms with Gasteiger partial charge in [0.15, 0.2) is 11.3 Å². The first-order chi connectivity index (χ1) is 30.6. The van der Waals surface area contributed by atoms with Crippen LogP contribution < -0.4 is 20.4 Å². The summed E-state index contributed by atoms with van der Waals surface area (Å²) in [4.78, 5) is 52.5. The molecule has 8 heterocycles. The van der Waals surface area contributed by atoms with E-state index >= 15 is 4.39 Å². The number of imide groups is 1. The fourth-order valence-corrected chi connectivity index (χ4v) is 9.73. The van der Waals surface area contributed by atoms with Crippen LogP contribution >= 0.6 is 0 Å². The number of pyridine rings is 1. The van der Waals surface area contributed by atoms with Crippen molar-refractivity contribution in [2.24, 2.45) is 5.92 Å². The van der Waals surface area contributed by atoms with Crippen LogP contribution in [-0.2, 0) is 14.3 Å². The van der Waals surface area contributed by atoms with Crippen LogP contribution in [-0.4, -0.2) is 122 Å². The number of aromatic nitrogens is 6. The Morgan fingerprint density at radius 1 is 1.03 bits per heavy atom. The summed E-state index contributed by atoms with van der Waals surface area (Å²) in [6, 6.07) is 7.04. The molecule has 2 N–H and O–H groups in total. The van der Waals surface area contributed by atoms with E-state index in [1.54, 1.807) is 23.3 Å². The first-order valence-corrected chi connectivity index (χ1v) is 21.5. The largest absolute Gasteiger partial charge is 0.374 e. The Morgan fingerprint density at radius 3 is 2.68 bits per heavy atom. The number of ether oxygens (including phenoxy) is 2. The number of morpholine rings is 1. The smallest absolute Gasteiger partial charge is 0.328 e. The Bertz CT molecular complexity index is 2620. The summed E-state index contributed by atoms with van der Waals surface area (Å²) in [7, 11) is 0. The van der Waals surface area contributed by atoms with Gasteiger partial charge in [-0.15, -0.1) is 0 Å². The minimum atomic E-state index is -2.89. The highest BCUT2D eigenvalue weighted by atomic mass is 19.3. The number of anilines is 3. The van der Waals surface area contributed by atoms with Gasteiger partial charge >= 0.3 is 6.03 Å². The molecule has 5 aliphatic rings. The molecule has 2 bridgehead atoms. The quantitative estimate of drug-likeness (QED) is 0.175. The van der Waals surface area contributed by atoms with Crippen molar-refractivity contribution < 1.29 is 37.0 Å². The van der Waals surface area contributed by atoms with Gasteiger partial charge in [0.05, 0.1) is 54.7 Å². The molecular weight excluding hydrogens is 820 g/mol. The van der Waals surface area contributed by atoms with Gasteiger partial charge in [0.25, 0.3) is 12.3 Å². The summed E-state index contributed by atoms with van der Waals surface area (Å²) in [5.74, 6) is 6.26. The molecule has 0 unspecified atom stereocenters. The van der Waals surface area contributed by atoms with Crippen LogP contribution in [0.5, 0.6) is 0 Å². The fourth-order valence-electron chi connectivity index (χ4n) is 9.73. The molecule has 4 aliphatic heterocycles. The summed E-state index contributed by atoms with van der Waals surface area (Å²) in [6.07, 6.45) is 8.17. The fraction of sp³-hybridized carbons (Fsp3) is 0.477. The monoisotopic (exact) mass is 865 g/mol. The lowest BCUT2D eigenvalue weighted by Gasteiger charge is -2.38. The van der Waals surface area contributed by atoms with Crippen LogP contribution in [0.4, 0.5) is 35.2 Å². The zero-order valence-corrected chi connectivity index (χ0v) is 34.3. The summed E-state index contributed by atoms with van der Waals surface area (Å²) in [5.41, 5.74) is 1.25. The molecule has 19 heteroatoms. The maximum Gasteiger partial charge on any atom is 0.328 e. The molecule has 328 valence electrons. The Hall–Kier alpha value is -6.10. The molecule has 4 aromatic heterocycles. The Labute approximate surface area is 360 Å². The third kappa shape index (κ3) is 8.30. The van der Waals surface area contributed by atoms with E-state index in [0.29, 0.717) is 61.0 Å². The van der Waals surface area contributed by atoms with E-state index in [1.807, 2.05) is 24.3 Å². The maximum absolute atomic E-state index is 15.4. The molecule has 5 aromatic rings. The van der Waals surface area contributed by atoms with Gasteiger partial charge in [-0.2, -0.15) is 10.2 Å². The number of hydrogen-bond donors (Lipinski definition) is 2. The van der Waals surface area contributed by atoms with Crippen molar-refractivity contribution in [1.29, 1.82) is 0 Å². The number of likely N-dealkylation sites (tertiary alicyclic amines) is 1. The number of hydrogen-bond acceptors (Lipinski definition) is 11. The van der Waals surface area contributed by atoms with Crippen LogP contribution in [0.1, 0.15) is 79.0 Å². The first kappa shape index (κ1) is 40.9. The van der Waals surface area contributed by atoms with E-state index in [9.17, 15) is 23.2 Å². The second kappa shape index (κ2) is 17.2. The predicted octanol–water partition coefficient (Wildman–Crippen LogP) is 5.30. The summed E-state index contributed by atoms with van der Waals surface area (Å²) >= 11 is 0.